The van der Waals surface area contributed by atoms with Gasteiger partial charge < -0.3 is 82.8 Å². The number of ether oxygens (including phenoxy) is 1. The molecular weight excluding hydrogens is 901 g/mol. The molecule has 21 heteroatoms. The van der Waals surface area contributed by atoms with Crippen LogP contribution in [0.5, 0.6) is 0 Å². The number of alkyl carbamates (subject to hydrolysis) is 1. The van der Waals surface area contributed by atoms with Crippen molar-refractivity contribution in [2.24, 2.45) is 5.73 Å². The minimum Gasteiger partial charge on any atom is -0.444 e. The van der Waals surface area contributed by atoms with Gasteiger partial charge in [0.15, 0.2) is 0 Å². The number of aliphatic hydroxyl groups is 10. The number of aliphatic hydroxyl groups excluding tert-OH is 10. The van der Waals surface area contributed by atoms with Gasteiger partial charge in [0.2, 0.25) is 17.7 Å². The predicted molar refractivity (Wildman–Crippen MR) is 256 cm³/mol. The topological polar surface area (TPSA) is 357 Å². The lowest BCUT2D eigenvalue weighted by atomic mass is 9.99. The smallest absolute Gasteiger partial charge is 0.408 e. The molecule has 2 aromatic carbocycles. The van der Waals surface area contributed by atoms with Crippen LogP contribution in [0.15, 0.2) is 48.5 Å². The number of amides is 4. The number of carbonyl (C=O) groups excluding carboxylic acids is 4. The lowest BCUT2D eigenvalue weighted by molar-refractivity contribution is -0.132. The van der Waals surface area contributed by atoms with Crippen molar-refractivity contribution in [3.63, 3.8) is 0 Å². The summed E-state index contributed by atoms with van der Waals surface area (Å²) < 4.78 is 5.19. The van der Waals surface area contributed by atoms with Crippen molar-refractivity contribution in [3.05, 3.63) is 59.7 Å². The first-order valence-corrected chi connectivity index (χ1v) is 23.7. The van der Waals surface area contributed by atoms with E-state index in [4.69, 9.17) is 10.5 Å². The van der Waals surface area contributed by atoms with E-state index < -0.39 is 123 Å². The first-order valence-electron chi connectivity index (χ1n) is 23.7. The van der Waals surface area contributed by atoms with E-state index in [1.807, 2.05) is 24.3 Å². The number of carbonyl (C=O) groups is 4. The second-order valence-corrected chi connectivity index (χ2v) is 18.5. The number of benzene rings is 2. The number of nitrogens with zero attached hydrogens (tertiary/aromatic N) is 1. The maximum Gasteiger partial charge on any atom is 0.408 e. The molecule has 392 valence electrons. The summed E-state index contributed by atoms with van der Waals surface area (Å²) in [6.07, 6.45) is -11.2. The Labute approximate surface area is 405 Å². The Kier molecular flexibility index (Phi) is 27.4. The molecular formula is C48H80N6O15. The third kappa shape index (κ3) is 22.5. The summed E-state index contributed by atoms with van der Waals surface area (Å²) in [5.41, 5.74) is 9.27. The molecule has 0 heterocycles. The highest BCUT2D eigenvalue weighted by molar-refractivity contribution is 5.93. The second-order valence-electron chi connectivity index (χ2n) is 18.5. The SMILES string of the molecule is C[C@H](NC(=O)OC(C)(C)C)C(=O)N[C@@H](C)C(=O)N[C@@H](CCCCN(C[C@H](O)[C@@H](O)[C@H](O)[C@H](O)CO)C[C@H](O)[C@@H](O)[C@H](O)[C@H](O)CO)C(=O)NCCCc1ccc(-c2ccc(CCCCN)cc2)cc1. The number of rotatable bonds is 32. The number of unbranched alkanes of at least 4 members (excludes halogenated alkanes) is 2. The summed E-state index contributed by atoms with van der Waals surface area (Å²) >= 11 is 0. The van der Waals surface area contributed by atoms with Gasteiger partial charge >= 0.3 is 6.09 Å². The molecule has 0 radical (unpaired) electrons. The van der Waals surface area contributed by atoms with E-state index in [1.165, 1.54) is 24.3 Å². The fraction of sp³-hybridized carbons (Fsp3) is 0.667. The van der Waals surface area contributed by atoms with Crippen LogP contribution in [0.3, 0.4) is 0 Å². The van der Waals surface area contributed by atoms with Crippen LogP contribution in [0.4, 0.5) is 4.79 Å². The number of nitrogens with one attached hydrogen (secondary N) is 4. The molecule has 16 N–H and O–H groups in total. The Hall–Kier alpha value is -4.36. The van der Waals surface area contributed by atoms with Crippen molar-refractivity contribution < 1.29 is 75.0 Å². The maximum atomic E-state index is 13.7. The van der Waals surface area contributed by atoms with E-state index in [0.717, 1.165) is 36.0 Å². The number of aryl methyl sites for hydroxylation is 2. The van der Waals surface area contributed by atoms with E-state index in [2.05, 4.69) is 45.5 Å². The van der Waals surface area contributed by atoms with Crippen LogP contribution in [0.1, 0.15) is 84.3 Å². The summed E-state index contributed by atoms with van der Waals surface area (Å²) in [6.45, 7) is 5.88. The monoisotopic (exact) mass is 981 g/mol. The van der Waals surface area contributed by atoms with Crippen LogP contribution in [0, 0.1) is 0 Å². The normalized spacial score (nSPS) is 16.7. The Bertz CT molecular complexity index is 1770. The van der Waals surface area contributed by atoms with E-state index >= 15 is 0 Å². The molecule has 2 rings (SSSR count). The number of nitrogens with two attached hydrogens (primary N) is 1. The highest BCUT2D eigenvalue weighted by Gasteiger charge is 2.35. The van der Waals surface area contributed by atoms with E-state index in [9.17, 15) is 70.2 Å². The molecule has 0 saturated carbocycles. The molecule has 0 aromatic heterocycles. The molecule has 69 heavy (non-hydrogen) atoms. The zero-order valence-corrected chi connectivity index (χ0v) is 40.6. The van der Waals surface area contributed by atoms with Gasteiger partial charge in [0.25, 0.3) is 0 Å². The molecule has 0 aliphatic heterocycles. The van der Waals surface area contributed by atoms with Gasteiger partial charge in [-0.05, 0) is 121 Å². The van der Waals surface area contributed by atoms with Gasteiger partial charge in [0.05, 0.1) is 25.4 Å². The fourth-order valence-corrected chi connectivity index (χ4v) is 7.16. The second kappa shape index (κ2) is 31.1. The molecule has 0 aliphatic carbocycles. The molecule has 4 amide bonds. The van der Waals surface area contributed by atoms with Crippen molar-refractivity contribution in [1.82, 2.24) is 26.2 Å². The summed E-state index contributed by atoms with van der Waals surface area (Å²) in [5, 5.41) is 111. The third-order valence-corrected chi connectivity index (χ3v) is 11.4. The molecule has 0 spiro atoms. The molecule has 0 aliphatic rings. The minimum absolute atomic E-state index is 0.0124. The predicted octanol–water partition coefficient (Wildman–Crippen LogP) is -2.07. The highest BCUT2D eigenvalue weighted by Crippen LogP contribution is 2.22. The first kappa shape index (κ1) is 60.8. The van der Waals surface area contributed by atoms with Crippen molar-refractivity contribution in [2.75, 3.05) is 45.9 Å². The summed E-state index contributed by atoms with van der Waals surface area (Å²) in [6, 6.07) is 13.2. The van der Waals surface area contributed by atoms with Crippen LogP contribution in [-0.4, -0.2) is 198 Å². The fourth-order valence-electron chi connectivity index (χ4n) is 7.16. The molecule has 0 fully saturated rings. The van der Waals surface area contributed by atoms with Crippen LogP contribution < -0.4 is 27.0 Å². The van der Waals surface area contributed by atoms with E-state index in [0.29, 0.717) is 19.4 Å². The summed E-state index contributed by atoms with van der Waals surface area (Å²) in [7, 11) is 0. The van der Waals surface area contributed by atoms with Crippen LogP contribution in [0.25, 0.3) is 11.1 Å². The molecule has 11 atom stereocenters. The van der Waals surface area contributed by atoms with Crippen LogP contribution >= 0.6 is 0 Å². The zero-order valence-electron chi connectivity index (χ0n) is 40.6. The highest BCUT2D eigenvalue weighted by atomic mass is 16.6. The minimum atomic E-state index is -1.97. The van der Waals surface area contributed by atoms with Gasteiger partial charge in [0, 0.05) is 19.6 Å². The van der Waals surface area contributed by atoms with Crippen molar-refractivity contribution in [3.8, 4) is 11.1 Å². The maximum absolute atomic E-state index is 13.7. The number of hydrogen-bond donors (Lipinski definition) is 15. The van der Waals surface area contributed by atoms with Gasteiger partial charge in [-0.2, -0.15) is 0 Å². The molecule has 0 unspecified atom stereocenters. The van der Waals surface area contributed by atoms with Crippen LogP contribution in [0.2, 0.25) is 0 Å². The first-order chi connectivity index (χ1) is 32.5. The van der Waals surface area contributed by atoms with Gasteiger partial charge in [-0.25, -0.2) is 4.79 Å². The Morgan fingerprint density at radius 2 is 1.04 bits per heavy atom. The van der Waals surface area contributed by atoms with Gasteiger partial charge in [-0.15, -0.1) is 0 Å². The summed E-state index contributed by atoms with van der Waals surface area (Å²) in [4.78, 5) is 53.6. The van der Waals surface area contributed by atoms with Gasteiger partial charge in [0.1, 0.15) is 60.4 Å². The lowest BCUT2D eigenvalue weighted by Gasteiger charge is -2.33. The summed E-state index contributed by atoms with van der Waals surface area (Å²) in [5.74, 6) is -1.93. The average molecular weight is 981 g/mol. The Morgan fingerprint density at radius 3 is 1.51 bits per heavy atom. The number of hydrogen-bond acceptors (Lipinski definition) is 17. The standard InChI is InChI=1S/C48H80N6O15/c1-29(51-44(65)30(2)52-47(68)69-48(3,4)5)45(66)53-35(46(67)50-23-10-12-32-16-20-34(21-17-32)33-18-14-31(15-19-33)11-6-8-22-49)13-7-9-24-54(25-36(57)40(61)42(63)38(59)27-55)26-37(58)41(62)43(64)39(60)28-56/h14-21,29-30,35-43,55-64H,6-13,22-28,49H2,1-5H3,(H,50,67)(H,51,65)(H,52,68)(H,53,66)/t29-,30-,35-,36-,37-,38+,39+,40+,41+,42+,43+/m0/s1. The molecule has 0 bridgehead atoms. The van der Waals surface area contributed by atoms with E-state index in [-0.39, 0.29) is 32.4 Å². The van der Waals surface area contributed by atoms with Crippen molar-refractivity contribution in [2.45, 2.75) is 159 Å². The van der Waals surface area contributed by atoms with Gasteiger partial charge in [-0.1, -0.05) is 48.5 Å². The molecule has 2 aromatic rings. The Morgan fingerprint density at radius 1 is 0.594 bits per heavy atom. The van der Waals surface area contributed by atoms with Crippen molar-refractivity contribution in [1.29, 1.82) is 0 Å². The van der Waals surface area contributed by atoms with Crippen LogP contribution in [-0.2, 0) is 32.0 Å². The van der Waals surface area contributed by atoms with Gasteiger partial charge in [-0.3, -0.25) is 19.3 Å². The quantitative estimate of drug-likeness (QED) is 0.0350. The van der Waals surface area contributed by atoms with Crippen molar-refractivity contribution >= 4 is 23.8 Å². The molecule has 21 nitrogen and oxygen atoms in total. The van der Waals surface area contributed by atoms with E-state index in [1.54, 1.807) is 20.8 Å². The largest absolute Gasteiger partial charge is 0.444 e. The zero-order chi connectivity index (χ0) is 51.8. The Balaban J connectivity index is 2.17. The third-order valence-electron chi connectivity index (χ3n) is 11.4. The molecule has 0 saturated heterocycles. The lowest BCUT2D eigenvalue weighted by Crippen LogP contribution is -2.55. The average Bonchev–Trinajstić information content (AvgIpc) is 3.31.